The van der Waals surface area contributed by atoms with E-state index in [1.54, 1.807) is 0 Å². The van der Waals surface area contributed by atoms with Crippen LogP contribution in [-0.2, 0) is 11.8 Å². The van der Waals surface area contributed by atoms with Gasteiger partial charge < -0.3 is 0 Å². The molecule has 0 aromatic heterocycles. The molecule has 0 bridgehead atoms. The molecule has 0 heteroatoms. The minimum absolute atomic E-state index is 0.196. The van der Waals surface area contributed by atoms with Crippen molar-refractivity contribution in [1.29, 1.82) is 0 Å². The van der Waals surface area contributed by atoms with Gasteiger partial charge in [0.1, 0.15) is 0 Å². The van der Waals surface area contributed by atoms with E-state index in [1.165, 1.54) is 44.5 Å². The Hall–Kier alpha value is -2.86. The third-order valence-corrected chi connectivity index (χ3v) is 6.14. The van der Waals surface area contributed by atoms with Crippen LogP contribution in [0.3, 0.4) is 0 Å². The van der Waals surface area contributed by atoms with Crippen molar-refractivity contribution in [2.24, 2.45) is 0 Å². The van der Waals surface area contributed by atoms with Crippen LogP contribution in [0.4, 0.5) is 0 Å². The van der Waals surface area contributed by atoms with E-state index >= 15 is 0 Å². The maximum absolute atomic E-state index is 2.34. The summed E-state index contributed by atoms with van der Waals surface area (Å²) in [7, 11) is 0. The number of benzene rings is 3. The molecule has 126 valence electrons. The molecule has 0 radical (unpaired) electrons. The average molecular weight is 334 g/mol. The molecule has 3 aromatic rings. The summed E-state index contributed by atoms with van der Waals surface area (Å²) in [6, 6.07) is 26.9. The van der Waals surface area contributed by atoms with Crippen LogP contribution in [0.25, 0.3) is 11.1 Å². The summed E-state index contributed by atoms with van der Waals surface area (Å²) < 4.78 is 0. The highest BCUT2D eigenvalue weighted by molar-refractivity contribution is 5.88. The van der Waals surface area contributed by atoms with Gasteiger partial charge in [-0.15, -0.1) is 0 Å². The van der Waals surface area contributed by atoms with Crippen molar-refractivity contribution in [3.8, 4) is 11.1 Å². The zero-order valence-corrected chi connectivity index (χ0v) is 15.3. The van der Waals surface area contributed by atoms with Crippen LogP contribution in [0.15, 0.2) is 96.1 Å². The van der Waals surface area contributed by atoms with Crippen molar-refractivity contribution in [2.45, 2.75) is 25.7 Å². The third-order valence-electron chi connectivity index (χ3n) is 6.14. The van der Waals surface area contributed by atoms with Gasteiger partial charge in [0.15, 0.2) is 0 Å². The van der Waals surface area contributed by atoms with Crippen LogP contribution >= 0.6 is 0 Å². The molecule has 3 aromatic carbocycles. The fourth-order valence-corrected chi connectivity index (χ4v) is 5.20. The Morgan fingerprint density at radius 1 is 0.654 bits per heavy atom. The molecule has 0 unspecified atom stereocenters. The first-order valence-corrected chi connectivity index (χ1v) is 9.42. The summed E-state index contributed by atoms with van der Waals surface area (Å²) in [5.41, 5.74) is 11.1. The lowest BCUT2D eigenvalue weighted by atomic mass is 9.60. The summed E-state index contributed by atoms with van der Waals surface area (Å²) in [5, 5.41) is 0. The molecule has 26 heavy (non-hydrogen) atoms. The Kier molecular flexibility index (Phi) is 3.30. The van der Waals surface area contributed by atoms with Gasteiger partial charge in [-0.25, -0.2) is 0 Å². The summed E-state index contributed by atoms with van der Waals surface area (Å²) in [6.07, 6.45) is 5.65. The maximum Gasteiger partial charge on any atom is 0.0715 e. The molecule has 0 nitrogen and oxygen atoms in total. The standard InChI is InChI=1S/C26H22/c1-3-18-17-19-11-5-8-14-23(19)26(22(18)4-2)24-15-9-6-12-20(24)21-13-7-10-16-25(21)26/h3-16H,17H2,1-2H3/b18-3-,22-4+. The van der Waals surface area contributed by atoms with Gasteiger partial charge in [-0.2, -0.15) is 0 Å². The van der Waals surface area contributed by atoms with E-state index in [4.69, 9.17) is 0 Å². The Balaban J connectivity index is 2.02. The SMILES string of the molecule is C/C=C1/Cc2ccccc2C2(/C1=C/C)c1ccccc1-c1ccccc12. The number of allylic oxidation sites excluding steroid dienone is 4. The van der Waals surface area contributed by atoms with E-state index in [0.29, 0.717) is 0 Å². The number of hydrogen-bond donors (Lipinski definition) is 0. The molecule has 0 N–H and O–H groups in total. The van der Waals surface area contributed by atoms with E-state index in [0.717, 1.165) is 6.42 Å². The molecule has 0 saturated heterocycles. The summed E-state index contributed by atoms with van der Waals surface area (Å²) in [5.74, 6) is 0. The molecule has 0 heterocycles. The molecule has 0 amide bonds. The highest BCUT2D eigenvalue weighted by Crippen LogP contribution is 2.60. The van der Waals surface area contributed by atoms with Crippen molar-refractivity contribution < 1.29 is 0 Å². The van der Waals surface area contributed by atoms with Gasteiger partial charge >= 0.3 is 0 Å². The number of rotatable bonds is 0. The van der Waals surface area contributed by atoms with Crippen molar-refractivity contribution in [3.63, 3.8) is 0 Å². The average Bonchev–Trinajstić information content (AvgIpc) is 3.00. The highest BCUT2D eigenvalue weighted by Gasteiger charge is 2.50. The summed E-state index contributed by atoms with van der Waals surface area (Å²) in [4.78, 5) is 0. The van der Waals surface area contributed by atoms with E-state index in [2.05, 4.69) is 98.8 Å². The van der Waals surface area contributed by atoms with Gasteiger partial charge in [-0.3, -0.25) is 0 Å². The monoisotopic (exact) mass is 334 g/mol. The summed E-state index contributed by atoms with van der Waals surface area (Å²) >= 11 is 0. The Morgan fingerprint density at radius 3 is 1.77 bits per heavy atom. The molecule has 1 spiro atoms. The van der Waals surface area contributed by atoms with Crippen molar-refractivity contribution in [3.05, 3.63) is 118 Å². The Labute approximate surface area is 155 Å². The van der Waals surface area contributed by atoms with Gasteiger partial charge in [0.25, 0.3) is 0 Å². The first kappa shape index (κ1) is 15.4. The topological polar surface area (TPSA) is 0 Å². The van der Waals surface area contributed by atoms with Crippen LogP contribution in [0.1, 0.15) is 36.1 Å². The molecular formula is C26H22. The largest absolute Gasteiger partial charge is 0.0838 e. The molecule has 0 saturated carbocycles. The smallest absolute Gasteiger partial charge is 0.0715 e. The van der Waals surface area contributed by atoms with Gasteiger partial charge in [0.05, 0.1) is 5.41 Å². The molecular weight excluding hydrogens is 312 g/mol. The second-order valence-electron chi connectivity index (χ2n) is 7.19. The third kappa shape index (κ3) is 1.74. The molecule has 0 atom stereocenters. The Morgan fingerprint density at radius 2 is 1.19 bits per heavy atom. The van der Waals surface area contributed by atoms with E-state index < -0.39 is 0 Å². The second kappa shape index (κ2) is 5.57. The fourth-order valence-electron chi connectivity index (χ4n) is 5.20. The fraction of sp³-hybridized carbons (Fsp3) is 0.154. The number of hydrogen-bond acceptors (Lipinski definition) is 0. The van der Waals surface area contributed by atoms with E-state index in [9.17, 15) is 0 Å². The molecule has 5 rings (SSSR count). The molecule has 0 aliphatic heterocycles. The maximum atomic E-state index is 2.34. The van der Waals surface area contributed by atoms with Gasteiger partial charge in [0.2, 0.25) is 0 Å². The Bertz CT molecular complexity index is 1030. The van der Waals surface area contributed by atoms with Gasteiger partial charge in [0, 0.05) is 0 Å². The normalized spacial score (nSPS) is 19.5. The molecule has 2 aliphatic rings. The van der Waals surface area contributed by atoms with Crippen LogP contribution in [0.5, 0.6) is 0 Å². The first-order chi connectivity index (χ1) is 12.8. The van der Waals surface area contributed by atoms with Gasteiger partial charge in [-0.05, 0) is 64.8 Å². The lowest BCUT2D eigenvalue weighted by Gasteiger charge is -2.42. The van der Waals surface area contributed by atoms with Gasteiger partial charge in [-0.1, -0.05) is 84.9 Å². The lowest BCUT2D eigenvalue weighted by Crippen LogP contribution is -2.35. The minimum atomic E-state index is -0.196. The van der Waals surface area contributed by atoms with Crippen LogP contribution in [0, 0.1) is 0 Å². The van der Waals surface area contributed by atoms with E-state index in [-0.39, 0.29) is 5.41 Å². The van der Waals surface area contributed by atoms with Crippen molar-refractivity contribution in [1.82, 2.24) is 0 Å². The van der Waals surface area contributed by atoms with Crippen LogP contribution in [-0.4, -0.2) is 0 Å². The number of fused-ring (bicyclic) bond motifs is 7. The first-order valence-electron chi connectivity index (χ1n) is 9.42. The van der Waals surface area contributed by atoms with Crippen LogP contribution < -0.4 is 0 Å². The second-order valence-corrected chi connectivity index (χ2v) is 7.19. The quantitative estimate of drug-likeness (QED) is 0.443. The zero-order chi connectivity index (χ0) is 17.7. The highest BCUT2D eigenvalue weighted by atomic mass is 14.5. The van der Waals surface area contributed by atoms with Crippen LogP contribution in [0.2, 0.25) is 0 Å². The molecule has 0 fully saturated rings. The molecule has 2 aliphatic carbocycles. The van der Waals surface area contributed by atoms with E-state index in [1.807, 2.05) is 0 Å². The minimum Gasteiger partial charge on any atom is -0.0838 e. The predicted octanol–water partition coefficient (Wildman–Crippen LogP) is 6.45. The summed E-state index contributed by atoms with van der Waals surface area (Å²) in [6.45, 7) is 4.37. The van der Waals surface area contributed by atoms with Crippen molar-refractivity contribution >= 4 is 0 Å². The van der Waals surface area contributed by atoms with Crippen molar-refractivity contribution in [2.75, 3.05) is 0 Å². The predicted molar refractivity (Wildman–Crippen MR) is 109 cm³/mol. The lowest BCUT2D eigenvalue weighted by molar-refractivity contribution is 0.708. The zero-order valence-electron chi connectivity index (χ0n) is 15.3.